The van der Waals surface area contributed by atoms with Crippen molar-refractivity contribution in [2.75, 3.05) is 0 Å². The van der Waals surface area contributed by atoms with E-state index in [1.54, 1.807) is 18.2 Å². The van der Waals surface area contributed by atoms with E-state index >= 15 is 0 Å². The smallest absolute Gasteiger partial charge is 0.347 e. The maximum Gasteiger partial charge on any atom is 0.347 e. The molecular formula is C12H10O5. The van der Waals surface area contributed by atoms with E-state index in [1.807, 2.05) is 0 Å². The molecule has 0 fully saturated rings. The monoisotopic (exact) mass is 234 g/mol. The van der Waals surface area contributed by atoms with Crippen molar-refractivity contribution >= 4 is 16.7 Å². The van der Waals surface area contributed by atoms with Crippen LogP contribution in [0.2, 0.25) is 0 Å². The molecule has 0 saturated heterocycles. The van der Waals surface area contributed by atoms with Crippen molar-refractivity contribution < 1.29 is 19.1 Å². The van der Waals surface area contributed by atoms with E-state index in [2.05, 4.69) is 0 Å². The second kappa shape index (κ2) is 4.29. The van der Waals surface area contributed by atoms with Gasteiger partial charge in [-0.15, -0.1) is 0 Å². The Morgan fingerprint density at radius 3 is 2.94 bits per heavy atom. The standard InChI is InChI=1S/C12H10O5/c1-7(13)16-6-9-5-8-3-2-4-10(14)11(8)12(15)17-9/h2-5,14H,6H2,1H3. The Morgan fingerprint density at radius 1 is 1.47 bits per heavy atom. The molecule has 0 aliphatic rings. The number of phenolic OH excluding ortho intramolecular Hbond substituents is 1. The van der Waals surface area contributed by atoms with Gasteiger partial charge >= 0.3 is 11.6 Å². The molecule has 0 saturated carbocycles. The number of carbonyl (C=O) groups excluding carboxylic acids is 1. The summed E-state index contributed by atoms with van der Waals surface area (Å²) in [5.41, 5.74) is -0.650. The third kappa shape index (κ3) is 2.28. The Kier molecular flexibility index (Phi) is 2.82. The number of aromatic hydroxyl groups is 1. The zero-order valence-electron chi connectivity index (χ0n) is 9.10. The van der Waals surface area contributed by atoms with E-state index < -0.39 is 11.6 Å². The van der Waals surface area contributed by atoms with Gasteiger partial charge in [0.1, 0.15) is 23.5 Å². The van der Waals surface area contributed by atoms with Gasteiger partial charge in [0.25, 0.3) is 0 Å². The summed E-state index contributed by atoms with van der Waals surface area (Å²) < 4.78 is 9.66. The Morgan fingerprint density at radius 2 is 2.24 bits per heavy atom. The summed E-state index contributed by atoms with van der Waals surface area (Å²) in [4.78, 5) is 22.2. The van der Waals surface area contributed by atoms with E-state index in [0.29, 0.717) is 5.39 Å². The van der Waals surface area contributed by atoms with Crippen LogP contribution in [0.15, 0.2) is 33.5 Å². The molecule has 0 aliphatic heterocycles. The summed E-state index contributed by atoms with van der Waals surface area (Å²) >= 11 is 0. The molecule has 5 heteroatoms. The SMILES string of the molecule is CC(=O)OCc1cc2cccc(O)c2c(=O)o1. The van der Waals surface area contributed by atoms with Gasteiger partial charge in [-0.05, 0) is 17.5 Å². The minimum atomic E-state index is -0.650. The Balaban J connectivity index is 2.49. The van der Waals surface area contributed by atoms with Crippen molar-refractivity contribution in [3.05, 3.63) is 40.4 Å². The Bertz CT molecular complexity index is 626. The van der Waals surface area contributed by atoms with Gasteiger partial charge in [-0.25, -0.2) is 4.79 Å². The molecule has 17 heavy (non-hydrogen) atoms. The number of benzene rings is 1. The molecule has 1 N–H and O–H groups in total. The van der Waals surface area contributed by atoms with Crippen LogP contribution in [0.25, 0.3) is 10.8 Å². The molecule has 5 nitrogen and oxygen atoms in total. The molecule has 2 aromatic rings. The highest BCUT2D eigenvalue weighted by molar-refractivity contribution is 5.86. The summed E-state index contributed by atoms with van der Waals surface area (Å²) in [6, 6.07) is 6.25. The highest BCUT2D eigenvalue weighted by Crippen LogP contribution is 2.21. The molecule has 0 aliphatic carbocycles. The number of fused-ring (bicyclic) bond motifs is 1. The minimum Gasteiger partial charge on any atom is -0.507 e. The van der Waals surface area contributed by atoms with Crippen LogP contribution in [-0.4, -0.2) is 11.1 Å². The lowest BCUT2D eigenvalue weighted by atomic mass is 10.1. The van der Waals surface area contributed by atoms with Crippen molar-refractivity contribution in [2.24, 2.45) is 0 Å². The summed E-state index contributed by atoms with van der Waals surface area (Å²) in [5.74, 6) is -0.345. The summed E-state index contributed by atoms with van der Waals surface area (Å²) in [6.45, 7) is 1.17. The predicted molar refractivity (Wildman–Crippen MR) is 59.6 cm³/mol. The van der Waals surface area contributed by atoms with E-state index in [-0.39, 0.29) is 23.5 Å². The fourth-order valence-corrected chi connectivity index (χ4v) is 1.52. The van der Waals surface area contributed by atoms with Crippen LogP contribution >= 0.6 is 0 Å². The molecule has 1 heterocycles. The van der Waals surface area contributed by atoms with Gasteiger partial charge in [-0.3, -0.25) is 4.79 Å². The minimum absolute atomic E-state index is 0.101. The number of hydrogen-bond acceptors (Lipinski definition) is 5. The number of esters is 1. The van der Waals surface area contributed by atoms with E-state index in [9.17, 15) is 14.7 Å². The topological polar surface area (TPSA) is 76.7 Å². The third-order valence-corrected chi connectivity index (χ3v) is 2.24. The van der Waals surface area contributed by atoms with Crippen LogP contribution < -0.4 is 5.63 Å². The largest absolute Gasteiger partial charge is 0.507 e. The van der Waals surface area contributed by atoms with Gasteiger partial charge in [-0.2, -0.15) is 0 Å². The van der Waals surface area contributed by atoms with Crippen molar-refractivity contribution in [1.82, 2.24) is 0 Å². The first kappa shape index (κ1) is 11.2. The van der Waals surface area contributed by atoms with Crippen LogP contribution in [0.3, 0.4) is 0 Å². The molecule has 0 spiro atoms. The van der Waals surface area contributed by atoms with Gasteiger partial charge < -0.3 is 14.3 Å². The van der Waals surface area contributed by atoms with E-state index in [4.69, 9.17) is 9.15 Å². The molecule has 0 unspecified atom stereocenters. The average Bonchev–Trinajstić information content (AvgIpc) is 2.26. The van der Waals surface area contributed by atoms with Crippen LogP contribution in [0.4, 0.5) is 0 Å². The fraction of sp³-hybridized carbons (Fsp3) is 0.167. The van der Waals surface area contributed by atoms with Crippen LogP contribution in [0, 0.1) is 0 Å². The number of hydrogen-bond donors (Lipinski definition) is 1. The number of ether oxygens (including phenoxy) is 1. The third-order valence-electron chi connectivity index (χ3n) is 2.24. The van der Waals surface area contributed by atoms with Crippen molar-refractivity contribution in [1.29, 1.82) is 0 Å². The highest BCUT2D eigenvalue weighted by Gasteiger charge is 2.09. The van der Waals surface area contributed by atoms with Crippen molar-refractivity contribution in [2.45, 2.75) is 13.5 Å². The summed E-state index contributed by atoms with van der Waals surface area (Å²) in [5, 5.41) is 10.2. The zero-order valence-corrected chi connectivity index (χ0v) is 9.10. The van der Waals surface area contributed by atoms with Gasteiger partial charge in [0.2, 0.25) is 0 Å². The molecule has 88 valence electrons. The first-order chi connectivity index (χ1) is 8.08. The lowest BCUT2D eigenvalue weighted by Crippen LogP contribution is -2.05. The molecule has 1 aromatic heterocycles. The molecule has 0 atom stereocenters. The molecule has 0 amide bonds. The number of phenols is 1. The second-order valence-electron chi connectivity index (χ2n) is 3.52. The van der Waals surface area contributed by atoms with Gasteiger partial charge in [0.15, 0.2) is 0 Å². The Hall–Kier alpha value is -2.30. The number of rotatable bonds is 2. The van der Waals surface area contributed by atoms with Gasteiger partial charge in [0.05, 0.1) is 0 Å². The fourth-order valence-electron chi connectivity index (χ4n) is 1.52. The van der Waals surface area contributed by atoms with Gasteiger partial charge in [0, 0.05) is 6.92 Å². The maximum absolute atomic E-state index is 11.6. The first-order valence-corrected chi connectivity index (χ1v) is 4.96. The lowest BCUT2D eigenvalue weighted by Gasteiger charge is -2.03. The highest BCUT2D eigenvalue weighted by atomic mass is 16.5. The van der Waals surface area contributed by atoms with Crippen molar-refractivity contribution in [3.8, 4) is 5.75 Å². The first-order valence-electron chi connectivity index (χ1n) is 4.96. The molecule has 0 bridgehead atoms. The normalized spacial score (nSPS) is 10.4. The van der Waals surface area contributed by atoms with E-state index in [0.717, 1.165) is 0 Å². The van der Waals surface area contributed by atoms with Crippen molar-refractivity contribution in [3.63, 3.8) is 0 Å². The predicted octanol–water partition coefficient (Wildman–Crippen LogP) is 1.56. The van der Waals surface area contributed by atoms with Crippen LogP contribution in [0.5, 0.6) is 5.75 Å². The van der Waals surface area contributed by atoms with Crippen LogP contribution in [-0.2, 0) is 16.1 Å². The maximum atomic E-state index is 11.6. The molecule has 1 aromatic carbocycles. The lowest BCUT2D eigenvalue weighted by molar-refractivity contribution is -0.142. The molecule has 2 rings (SSSR count). The van der Waals surface area contributed by atoms with E-state index in [1.165, 1.54) is 13.0 Å². The summed E-state index contributed by atoms with van der Waals surface area (Å²) in [7, 11) is 0. The molecule has 0 radical (unpaired) electrons. The quantitative estimate of drug-likeness (QED) is 0.798. The van der Waals surface area contributed by atoms with Gasteiger partial charge in [-0.1, -0.05) is 12.1 Å². The zero-order chi connectivity index (χ0) is 12.4. The number of carbonyl (C=O) groups is 1. The second-order valence-corrected chi connectivity index (χ2v) is 3.52. The summed E-state index contributed by atoms with van der Waals surface area (Å²) in [6.07, 6.45) is 0. The Labute approximate surface area is 96.2 Å². The molecular weight excluding hydrogens is 224 g/mol. The average molecular weight is 234 g/mol. The van der Waals surface area contributed by atoms with Crippen LogP contribution in [0.1, 0.15) is 12.7 Å².